The number of hydrogen-bond donors (Lipinski definition) is 1. The molecule has 0 unspecified atom stereocenters. The van der Waals surface area contributed by atoms with Crippen molar-refractivity contribution in [1.29, 1.82) is 0 Å². The number of nitrogens with one attached hydrogen (secondary N) is 1. The molecule has 26 heavy (non-hydrogen) atoms. The van der Waals surface area contributed by atoms with Gasteiger partial charge in [-0.1, -0.05) is 40.8 Å². The van der Waals surface area contributed by atoms with Crippen molar-refractivity contribution in [1.82, 2.24) is 4.98 Å². The number of nitrogens with zero attached hydrogens (tertiary/aromatic N) is 1. The van der Waals surface area contributed by atoms with Crippen LogP contribution in [0.15, 0.2) is 34.1 Å². The second-order valence-corrected chi connectivity index (χ2v) is 8.29. The Labute approximate surface area is 156 Å². The lowest BCUT2D eigenvalue weighted by atomic mass is 9.89. The van der Waals surface area contributed by atoms with Crippen molar-refractivity contribution in [3.05, 3.63) is 44.4 Å². The quantitative estimate of drug-likeness (QED) is 0.619. The zero-order valence-corrected chi connectivity index (χ0v) is 15.5. The van der Waals surface area contributed by atoms with Crippen LogP contribution in [0.2, 0.25) is 0 Å². The summed E-state index contributed by atoms with van der Waals surface area (Å²) in [7, 11) is 1.23. The zero-order chi connectivity index (χ0) is 18.6. The first-order chi connectivity index (χ1) is 12.4. The number of aryl methyl sites for hydroxylation is 1. The Bertz CT molecular complexity index is 978. The molecule has 3 heterocycles. The van der Waals surface area contributed by atoms with Gasteiger partial charge in [0.15, 0.2) is 0 Å². The number of carbonyl (C=O) groups excluding carboxylic acids is 3. The molecule has 3 atom stereocenters. The highest BCUT2D eigenvalue weighted by molar-refractivity contribution is 8.00. The average molecular weight is 390 g/mol. The van der Waals surface area contributed by atoms with Gasteiger partial charge in [-0.25, -0.2) is 4.90 Å². The van der Waals surface area contributed by atoms with Crippen LogP contribution >= 0.6 is 23.1 Å². The molecular weight excluding hydrogens is 376 g/mol. The van der Waals surface area contributed by atoms with Gasteiger partial charge in [0, 0.05) is 0 Å². The summed E-state index contributed by atoms with van der Waals surface area (Å²) in [5, 5.41) is -0.311. The molecule has 134 valence electrons. The minimum absolute atomic E-state index is 0.327. The summed E-state index contributed by atoms with van der Waals surface area (Å²) in [6.07, 6.45) is 0. The summed E-state index contributed by atoms with van der Waals surface area (Å²) in [5.74, 6) is -3.31. The van der Waals surface area contributed by atoms with Gasteiger partial charge in [0.25, 0.3) is 0 Å². The molecule has 0 radical (unpaired) electrons. The van der Waals surface area contributed by atoms with Gasteiger partial charge < -0.3 is 9.72 Å². The number of aromatic nitrogens is 1. The van der Waals surface area contributed by atoms with Crippen LogP contribution in [0.1, 0.15) is 16.4 Å². The lowest BCUT2D eigenvalue weighted by Gasteiger charge is -2.27. The molecule has 1 aromatic carbocycles. The highest BCUT2D eigenvalue weighted by Crippen LogP contribution is 2.51. The number of thioether (sulfide) groups is 1. The molecule has 1 saturated heterocycles. The minimum Gasteiger partial charge on any atom is -0.469 e. The topological polar surface area (TPSA) is 96.5 Å². The molecule has 2 amide bonds. The number of esters is 1. The van der Waals surface area contributed by atoms with E-state index >= 15 is 0 Å². The van der Waals surface area contributed by atoms with Crippen molar-refractivity contribution in [3.8, 4) is 0 Å². The smallest absolute Gasteiger partial charge is 0.314 e. The van der Waals surface area contributed by atoms with E-state index in [4.69, 9.17) is 4.74 Å². The van der Waals surface area contributed by atoms with E-state index < -0.39 is 29.0 Å². The Morgan fingerprint density at radius 2 is 1.85 bits per heavy atom. The molecule has 9 heteroatoms. The van der Waals surface area contributed by atoms with Crippen molar-refractivity contribution in [2.45, 2.75) is 23.1 Å². The van der Waals surface area contributed by atoms with E-state index in [9.17, 15) is 19.2 Å². The van der Waals surface area contributed by atoms with Gasteiger partial charge in [-0.2, -0.15) is 0 Å². The number of amides is 2. The first kappa shape index (κ1) is 17.0. The van der Waals surface area contributed by atoms with E-state index in [0.717, 1.165) is 33.6 Å². The summed E-state index contributed by atoms with van der Waals surface area (Å²) < 4.78 is 4.86. The summed E-state index contributed by atoms with van der Waals surface area (Å²) >= 11 is 2.01. The number of ether oxygens (including phenoxy) is 1. The molecule has 0 saturated carbocycles. The number of thiazole rings is 1. The number of fused-ring (bicyclic) bond motifs is 2. The van der Waals surface area contributed by atoms with Crippen molar-refractivity contribution in [3.63, 3.8) is 0 Å². The highest BCUT2D eigenvalue weighted by atomic mass is 32.2. The maximum atomic E-state index is 13.1. The Morgan fingerprint density at radius 3 is 2.50 bits per heavy atom. The van der Waals surface area contributed by atoms with Gasteiger partial charge in [0.1, 0.15) is 11.2 Å². The zero-order valence-electron chi connectivity index (χ0n) is 13.8. The lowest BCUT2D eigenvalue weighted by Crippen LogP contribution is -2.35. The number of methoxy groups -OCH3 is 1. The van der Waals surface area contributed by atoms with Crippen LogP contribution < -0.4 is 9.77 Å². The van der Waals surface area contributed by atoms with Gasteiger partial charge in [-0.15, -0.1) is 0 Å². The number of aromatic amines is 1. The van der Waals surface area contributed by atoms with Crippen molar-refractivity contribution >= 4 is 46.6 Å². The fourth-order valence-corrected chi connectivity index (χ4v) is 5.82. The van der Waals surface area contributed by atoms with E-state index in [1.165, 1.54) is 7.11 Å². The van der Waals surface area contributed by atoms with Crippen LogP contribution in [0.5, 0.6) is 0 Å². The van der Waals surface area contributed by atoms with Crippen LogP contribution in [-0.2, 0) is 19.1 Å². The number of hydrogen-bond acceptors (Lipinski definition) is 7. The van der Waals surface area contributed by atoms with Crippen LogP contribution in [0.3, 0.4) is 0 Å². The van der Waals surface area contributed by atoms with E-state index in [-0.39, 0.29) is 10.8 Å². The molecule has 0 bridgehead atoms. The first-order valence-corrected chi connectivity index (χ1v) is 9.54. The second kappa shape index (κ2) is 6.10. The van der Waals surface area contributed by atoms with Crippen molar-refractivity contribution in [2.24, 2.45) is 5.92 Å². The van der Waals surface area contributed by atoms with Crippen molar-refractivity contribution in [2.75, 3.05) is 12.0 Å². The molecule has 2 aromatic rings. The Morgan fingerprint density at radius 1 is 1.15 bits per heavy atom. The maximum absolute atomic E-state index is 13.1. The van der Waals surface area contributed by atoms with Gasteiger partial charge in [0.2, 0.25) is 11.8 Å². The summed E-state index contributed by atoms with van der Waals surface area (Å²) in [5.41, 5.74) is 1.48. The highest BCUT2D eigenvalue weighted by Gasteiger charge is 2.58. The fourth-order valence-electron chi connectivity index (χ4n) is 3.35. The van der Waals surface area contributed by atoms with E-state index in [2.05, 4.69) is 4.98 Å². The Kier molecular flexibility index (Phi) is 4.00. The number of rotatable bonds is 2. The molecule has 2 aliphatic rings. The van der Waals surface area contributed by atoms with E-state index in [1.54, 1.807) is 12.1 Å². The van der Waals surface area contributed by atoms with Crippen LogP contribution in [0.4, 0.5) is 5.69 Å². The van der Waals surface area contributed by atoms with Crippen LogP contribution in [-0.4, -0.2) is 35.1 Å². The monoisotopic (exact) mass is 390 g/mol. The van der Waals surface area contributed by atoms with Gasteiger partial charge in [0.05, 0.1) is 28.6 Å². The Balaban J connectivity index is 1.81. The van der Waals surface area contributed by atoms with Gasteiger partial charge in [-0.05, 0) is 19.1 Å². The molecule has 1 N–H and O–H groups in total. The summed E-state index contributed by atoms with van der Waals surface area (Å²) in [6.45, 7) is 1.91. The molecule has 2 aliphatic heterocycles. The van der Waals surface area contributed by atoms with Gasteiger partial charge in [-0.3, -0.25) is 19.2 Å². The third-order valence-electron chi connectivity index (χ3n) is 4.57. The van der Waals surface area contributed by atoms with Crippen LogP contribution in [0, 0.1) is 12.8 Å². The number of anilines is 1. The number of benzene rings is 1. The fraction of sp³-hybridized carbons (Fsp3) is 0.294. The molecule has 1 aromatic heterocycles. The predicted molar refractivity (Wildman–Crippen MR) is 96.5 cm³/mol. The average Bonchev–Trinajstić information content (AvgIpc) is 3.11. The van der Waals surface area contributed by atoms with E-state index in [0.29, 0.717) is 15.6 Å². The second-order valence-electron chi connectivity index (χ2n) is 6.12. The molecule has 1 fully saturated rings. The van der Waals surface area contributed by atoms with Gasteiger partial charge >= 0.3 is 10.8 Å². The summed E-state index contributed by atoms with van der Waals surface area (Å²) in [6, 6.07) is 7.05. The number of H-pyrrole nitrogens is 1. The van der Waals surface area contributed by atoms with E-state index in [1.807, 2.05) is 19.1 Å². The Hall–Kier alpha value is -2.39. The number of imide groups is 1. The normalized spacial score (nSPS) is 24.4. The van der Waals surface area contributed by atoms with Crippen LogP contribution in [0.25, 0.3) is 0 Å². The van der Waals surface area contributed by atoms with Crippen molar-refractivity contribution < 1.29 is 19.1 Å². The standard InChI is InChI=1S/C17H14N2O5S2/c1-7-3-5-8(6-4-7)19-14(20)9-10(16(22)24-2)11-13(18-17(23)26-11)25-12(9)15(19)21/h3-6,9-10,12H,1-2H3,(H,18,23)/t9-,10+,12-/m1/s1. The molecule has 0 aliphatic carbocycles. The minimum atomic E-state index is -0.961. The predicted octanol–water partition coefficient (Wildman–Crippen LogP) is 1.67. The molecule has 0 spiro atoms. The molecule has 7 nitrogen and oxygen atoms in total. The largest absolute Gasteiger partial charge is 0.469 e. The SMILES string of the molecule is COC(=O)[C@@H]1c2sc(=O)[nH]c2S[C@H]2C(=O)N(c3ccc(C)cc3)C(=O)[C@H]12. The summed E-state index contributed by atoms with van der Waals surface area (Å²) in [4.78, 5) is 54.1. The lowest BCUT2D eigenvalue weighted by molar-refractivity contribution is -0.145. The molecule has 4 rings (SSSR count). The number of carbonyl (C=O) groups is 3. The molecular formula is C17H14N2O5S2. The third kappa shape index (κ3) is 2.42. The maximum Gasteiger partial charge on any atom is 0.314 e. The third-order valence-corrected chi connectivity index (χ3v) is 6.97. The first-order valence-electron chi connectivity index (χ1n) is 7.84.